The zero-order valence-corrected chi connectivity index (χ0v) is 20.2. The molecule has 0 radical (unpaired) electrons. The maximum atomic E-state index is 10.7. The minimum atomic E-state index is -0.879. The number of aromatic nitrogens is 1. The molecule has 0 saturated heterocycles. The van der Waals surface area contributed by atoms with Crippen molar-refractivity contribution >= 4 is 36.1 Å². The van der Waals surface area contributed by atoms with Crippen molar-refractivity contribution in [1.82, 2.24) is 4.98 Å². The van der Waals surface area contributed by atoms with Gasteiger partial charge in [-0.2, -0.15) is 0 Å². The van der Waals surface area contributed by atoms with Crippen LogP contribution in [0.4, 0.5) is 0 Å². The summed E-state index contributed by atoms with van der Waals surface area (Å²) < 4.78 is 11.1. The van der Waals surface area contributed by atoms with Gasteiger partial charge in [0.15, 0.2) is 0 Å². The van der Waals surface area contributed by atoms with Crippen molar-refractivity contribution in [2.45, 2.75) is 57.2 Å². The molecule has 0 unspecified atom stereocenters. The third-order valence-corrected chi connectivity index (χ3v) is 5.20. The third kappa shape index (κ3) is 10.9. The predicted octanol–water partition coefficient (Wildman–Crippen LogP) is 6.70. The zero-order valence-electron chi connectivity index (χ0n) is 18.6. The number of alkyl halides is 1. The zero-order chi connectivity index (χ0) is 22.3. The smallest absolute Gasteiger partial charge is 0.307 e. The largest absolute Gasteiger partial charge is 0.497 e. The Morgan fingerprint density at radius 1 is 1.03 bits per heavy atom. The van der Waals surface area contributed by atoms with Crippen LogP contribution < -0.4 is 9.47 Å². The SMILES string of the molecule is COc1ccc(CCCCCCCCOc2ccc(CCl)nc2/C=C/CC(=O)O)cc1.Cl. The molecule has 2 aromatic rings. The van der Waals surface area contributed by atoms with Crippen LogP contribution in [-0.2, 0) is 17.1 Å². The molecule has 1 aromatic heterocycles. The van der Waals surface area contributed by atoms with Gasteiger partial charge in [0, 0.05) is 0 Å². The number of carboxylic acid groups (broad SMARTS) is 1. The molecule has 176 valence electrons. The predicted molar refractivity (Wildman–Crippen MR) is 132 cm³/mol. The van der Waals surface area contributed by atoms with Crippen LogP contribution in [0, 0.1) is 0 Å². The highest BCUT2D eigenvalue weighted by atomic mass is 35.5. The Hall–Kier alpha value is -2.24. The van der Waals surface area contributed by atoms with E-state index in [4.69, 9.17) is 26.2 Å². The second-order valence-electron chi connectivity index (χ2n) is 7.39. The van der Waals surface area contributed by atoms with Crippen molar-refractivity contribution in [3.8, 4) is 11.5 Å². The summed E-state index contributed by atoms with van der Waals surface area (Å²) in [4.78, 5) is 15.1. The fourth-order valence-electron chi connectivity index (χ4n) is 3.20. The first-order valence-corrected chi connectivity index (χ1v) is 11.4. The highest BCUT2D eigenvalue weighted by Gasteiger charge is 2.05. The molecule has 0 aliphatic heterocycles. The monoisotopic (exact) mass is 481 g/mol. The number of nitrogens with zero attached hydrogens (tertiary/aromatic N) is 1. The Labute approximate surface area is 202 Å². The van der Waals surface area contributed by atoms with Crippen molar-refractivity contribution < 1.29 is 19.4 Å². The average Bonchev–Trinajstić information content (AvgIpc) is 2.78. The molecule has 0 saturated carbocycles. The lowest BCUT2D eigenvalue weighted by atomic mass is 10.0. The van der Waals surface area contributed by atoms with Crippen molar-refractivity contribution in [2.24, 2.45) is 0 Å². The summed E-state index contributed by atoms with van der Waals surface area (Å²) >= 11 is 5.85. The summed E-state index contributed by atoms with van der Waals surface area (Å²) in [5.74, 6) is 0.991. The van der Waals surface area contributed by atoms with Gasteiger partial charge in [-0.15, -0.1) is 24.0 Å². The number of halogens is 2. The van der Waals surface area contributed by atoms with Crippen LogP contribution in [-0.4, -0.2) is 29.8 Å². The van der Waals surface area contributed by atoms with Crippen molar-refractivity contribution in [3.05, 3.63) is 59.4 Å². The van der Waals surface area contributed by atoms with Crippen molar-refractivity contribution in [2.75, 3.05) is 13.7 Å². The third-order valence-electron chi connectivity index (χ3n) is 4.93. The molecule has 1 aromatic carbocycles. The first kappa shape index (κ1) is 27.8. The van der Waals surface area contributed by atoms with Gasteiger partial charge in [0.2, 0.25) is 0 Å². The van der Waals surface area contributed by atoms with E-state index >= 15 is 0 Å². The molecule has 1 heterocycles. The maximum absolute atomic E-state index is 10.7. The van der Waals surface area contributed by atoms with E-state index < -0.39 is 5.97 Å². The standard InChI is InChI=1S/C25H32ClNO4.ClH/c1-30-22-15-12-20(13-16-22)9-6-4-2-3-5-7-18-31-24-17-14-21(19-26)27-23(24)10-8-11-25(28)29;/h8,10,12-17H,2-7,9,11,18-19H2,1H3,(H,28,29);1H/b10-8+;. The molecule has 5 nitrogen and oxygen atoms in total. The van der Waals surface area contributed by atoms with Gasteiger partial charge in [0.1, 0.15) is 17.2 Å². The van der Waals surface area contributed by atoms with Crippen LogP contribution >= 0.6 is 24.0 Å². The summed E-state index contributed by atoms with van der Waals surface area (Å²) in [6, 6.07) is 12.0. The molecule has 1 N–H and O–H groups in total. The number of carboxylic acids is 1. The van der Waals surface area contributed by atoms with Gasteiger partial charge in [0.25, 0.3) is 0 Å². The lowest BCUT2D eigenvalue weighted by Crippen LogP contribution is -2.01. The van der Waals surface area contributed by atoms with Gasteiger partial charge in [0.05, 0.1) is 31.7 Å². The number of methoxy groups -OCH3 is 1. The normalized spacial score (nSPS) is 10.7. The number of aliphatic carboxylic acids is 1. The number of benzene rings is 1. The van der Waals surface area contributed by atoms with E-state index in [9.17, 15) is 4.79 Å². The van der Waals surface area contributed by atoms with Crippen LogP contribution in [0.1, 0.15) is 61.9 Å². The summed E-state index contributed by atoms with van der Waals surface area (Å²) in [6.07, 6.45) is 11.3. The van der Waals surface area contributed by atoms with E-state index in [2.05, 4.69) is 17.1 Å². The van der Waals surface area contributed by atoms with E-state index in [1.54, 1.807) is 19.3 Å². The molecule has 2 rings (SSSR count). The first-order valence-electron chi connectivity index (χ1n) is 10.8. The van der Waals surface area contributed by atoms with Gasteiger partial charge < -0.3 is 14.6 Å². The van der Waals surface area contributed by atoms with Crippen LogP contribution in [0.25, 0.3) is 6.08 Å². The Morgan fingerprint density at radius 2 is 1.72 bits per heavy atom. The van der Waals surface area contributed by atoms with Gasteiger partial charge in [-0.25, -0.2) is 4.98 Å². The Balaban J connectivity index is 0.00000512. The van der Waals surface area contributed by atoms with E-state index in [0.717, 1.165) is 30.7 Å². The van der Waals surface area contributed by atoms with E-state index in [1.165, 1.54) is 31.2 Å². The van der Waals surface area contributed by atoms with Gasteiger partial charge in [-0.3, -0.25) is 4.79 Å². The molecule has 0 atom stereocenters. The first-order chi connectivity index (χ1) is 15.1. The minimum Gasteiger partial charge on any atom is -0.497 e. The molecular weight excluding hydrogens is 449 g/mol. The average molecular weight is 482 g/mol. The van der Waals surface area contributed by atoms with E-state index in [-0.39, 0.29) is 18.8 Å². The molecule has 7 heteroatoms. The number of aryl methyl sites for hydroxylation is 1. The maximum Gasteiger partial charge on any atom is 0.307 e. The van der Waals surface area contributed by atoms with Crippen LogP contribution in [0.3, 0.4) is 0 Å². The van der Waals surface area contributed by atoms with Crippen LogP contribution in [0.2, 0.25) is 0 Å². The molecular formula is C25H33Cl2NO4. The second kappa shape index (κ2) is 16.4. The fraction of sp³-hybridized carbons (Fsp3) is 0.440. The molecule has 0 amide bonds. The number of hydrogen-bond donors (Lipinski definition) is 1. The van der Waals surface area contributed by atoms with Crippen LogP contribution in [0.15, 0.2) is 42.5 Å². The summed E-state index contributed by atoms with van der Waals surface area (Å²) in [5, 5.41) is 8.79. The summed E-state index contributed by atoms with van der Waals surface area (Å²) in [5.41, 5.74) is 2.72. The number of rotatable bonds is 15. The lowest BCUT2D eigenvalue weighted by Gasteiger charge is -2.10. The summed E-state index contributed by atoms with van der Waals surface area (Å²) in [6.45, 7) is 0.619. The van der Waals surface area contributed by atoms with Gasteiger partial charge in [-0.1, -0.05) is 43.9 Å². The number of ether oxygens (including phenoxy) is 2. The highest BCUT2D eigenvalue weighted by molar-refractivity contribution is 6.16. The number of pyridine rings is 1. The molecule has 0 bridgehead atoms. The van der Waals surface area contributed by atoms with E-state index in [1.807, 2.05) is 24.3 Å². The Kier molecular flexibility index (Phi) is 14.2. The van der Waals surface area contributed by atoms with E-state index in [0.29, 0.717) is 23.9 Å². The van der Waals surface area contributed by atoms with Crippen LogP contribution in [0.5, 0.6) is 11.5 Å². The molecule has 0 fully saturated rings. The minimum absolute atomic E-state index is 0. The van der Waals surface area contributed by atoms with Crippen molar-refractivity contribution in [3.63, 3.8) is 0 Å². The molecule has 0 aliphatic rings. The molecule has 0 aliphatic carbocycles. The highest BCUT2D eigenvalue weighted by Crippen LogP contribution is 2.20. The Bertz CT molecular complexity index is 825. The quantitative estimate of drug-likeness (QED) is 0.226. The van der Waals surface area contributed by atoms with Gasteiger partial charge >= 0.3 is 5.97 Å². The Morgan fingerprint density at radius 3 is 2.38 bits per heavy atom. The van der Waals surface area contributed by atoms with Crippen molar-refractivity contribution in [1.29, 1.82) is 0 Å². The fourth-order valence-corrected chi connectivity index (χ4v) is 3.35. The lowest BCUT2D eigenvalue weighted by molar-refractivity contribution is -0.135. The number of unbranched alkanes of at least 4 members (excludes halogenated alkanes) is 5. The number of carbonyl (C=O) groups is 1. The topological polar surface area (TPSA) is 68.7 Å². The second-order valence-corrected chi connectivity index (χ2v) is 7.65. The van der Waals surface area contributed by atoms with Gasteiger partial charge in [-0.05, 0) is 55.2 Å². The number of hydrogen-bond acceptors (Lipinski definition) is 4. The molecule has 32 heavy (non-hydrogen) atoms. The molecule has 0 spiro atoms. The summed E-state index contributed by atoms with van der Waals surface area (Å²) in [7, 11) is 1.69.